The molecule has 1 heterocycles. The molecule has 1 aliphatic rings. The number of rotatable bonds is 3. The number of aliphatic hydroxyl groups is 1. The monoisotopic (exact) mass is 237 g/mol. The summed E-state index contributed by atoms with van der Waals surface area (Å²) in [6.07, 6.45) is 3.54. The molecule has 0 aliphatic carbocycles. The third-order valence-corrected chi connectivity index (χ3v) is 3.51. The van der Waals surface area contributed by atoms with E-state index >= 15 is 0 Å². The van der Waals surface area contributed by atoms with E-state index in [1.54, 1.807) is 6.07 Å². The first-order valence-electron chi connectivity index (χ1n) is 6.37. The first kappa shape index (κ1) is 12.4. The zero-order valence-electron chi connectivity index (χ0n) is 10.3. The van der Waals surface area contributed by atoms with Crippen LogP contribution < -0.4 is 4.90 Å². The molecule has 3 heteroatoms. The van der Waals surface area contributed by atoms with Crippen LogP contribution >= 0.6 is 0 Å². The number of benzene rings is 1. The van der Waals surface area contributed by atoms with E-state index in [0.29, 0.717) is 5.69 Å². The summed E-state index contributed by atoms with van der Waals surface area (Å²) in [5, 5.41) is 9.06. The van der Waals surface area contributed by atoms with Crippen LogP contribution in [-0.4, -0.2) is 24.8 Å². The van der Waals surface area contributed by atoms with E-state index in [0.717, 1.165) is 31.5 Å². The SMILES string of the molecule is CC(CO)c1ccc(N2CCCCC2)c(F)c1. The van der Waals surface area contributed by atoms with Gasteiger partial charge < -0.3 is 10.0 Å². The summed E-state index contributed by atoms with van der Waals surface area (Å²) in [5.74, 6) is -0.162. The highest BCUT2D eigenvalue weighted by Gasteiger charge is 2.16. The fourth-order valence-corrected chi connectivity index (χ4v) is 2.33. The Morgan fingerprint density at radius 3 is 2.59 bits per heavy atom. The van der Waals surface area contributed by atoms with Crippen molar-refractivity contribution in [2.75, 3.05) is 24.6 Å². The summed E-state index contributed by atoms with van der Waals surface area (Å²) >= 11 is 0. The quantitative estimate of drug-likeness (QED) is 0.873. The Hall–Kier alpha value is -1.09. The second kappa shape index (κ2) is 5.50. The first-order chi connectivity index (χ1) is 8.22. The summed E-state index contributed by atoms with van der Waals surface area (Å²) in [6, 6.07) is 5.33. The summed E-state index contributed by atoms with van der Waals surface area (Å²) in [4.78, 5) is 2.12. The Labute approximate surface area is 102 Å². The van der Waals surface area contributed by atoms with E-state index < -0.39 is 0 Å². The minimum Gasteiger partial charge on any atom is -0.396 e. The van der Waals surface area contributed by atoms with Gasteiger partial charge in [0.25, 0.3) is 0 Å². The Morgan fingerprint density at radius 2 is 2.00 bits per heavy atom. The highest BCUT2D eigenvalue weighted by Crippen LogP contribution is 2.26. The van der Waals surface area contributed by atoms with Crippen LogP contribution in [0.15, 0.2) is 18.2 Å². The van der Waals surface area contributed by atoms with Crippen molar-refractivity contribution in [1.29, 1.82) is 0 Å². The maximum atomic E-state index is 14.0. The van der Waals surface area contributed by atoms with Crippen molar-refractivity contribution < 1.29 is 9.50 Å². The van der Waals surface area contributed by atoms with Gasteiger partial charge in [0.05, 0.1) is 5.69 Å². The van der Waals surface area contributed by atoms with Crippen molar-refractivity contribution in [3.05, 3.63) is 29.6 Å². The number of halogens is 1. The Morgan fingerprint density at radius 1 is 1.29 bits per heavy atom. The zero-order valence-corrected chi connectivity index (χ0v) is 10.3. The molecule has 1 atom stereocenters. The lowest BCUT2D eigenvalue weighted by Gasteiger charge is -2.29. The molecule has 17 heavy (non-hydrogen) atoms. The predicted octanol–water partition coefficient (Wildman–Crippen LogP) is 2.91. The van der Waals surface area contributed by atoms with Gasteiger partial charge in [-0.25, -0.2) is 4.39 Å². The van der Waals surface area contributed by atoms with Crippen molar-refractivity contribution >= 4 is 5.69 Å². The maximum Gasteiger partial charge on any atom is 0.146 e. The molecule has 0 spiro atoms. The van der Waals surface area contributed by atoms with Gasteiger partial charge in [-0.15, -0.1) is 0 Å². The highest BCUT2D eigenvalue weighted by molar-refractivity contribution is 5.49. The van der Waals surface area contributed by atoms with Crippen molar-refractivity contribution in [1.82, 2.24) is 0 Å². The Kier molecular flexibility index (Phi) is 4.00. The fourth-order valence-electron chi connectivity index (χ4n) is 2.33. The van der Waals surface area contributed by atoms with E-state index in [4.69, 9.17) is 5.11 Å². The maximum absolute atomic E-state index is 14.0. The molecule has 1 aliphatic heterocycles. The van der Waals surface area contributed by atoms with Crippen LogP contribution in [0.5, 0.6) is 0 Å². The summed E-state index contributed by atoms with van der Waals surface area (Å²) in [7, 11) is 0. The van der Waals surface area contributed by atoms with Gasteiger partial charge >= 0.3 is 0 Å². The Bertz CT molecular complexity index is 374. The number of piperidine rings is 1. The van der Waals surface area contributed by atoms with Crippen molar-refractivity contribution in [3.63, 3.8) is 0 Å². The van der Waals surface area contributed by atoms with Crippen molar-refractivity contribution in [2.45, 2.75) is 32.1 Å². The lowest BCUT2D eigenvalue weighted by molar-refractivity contribution is 0.273. The smallest absolute Gasteiger partial charge is 0.146 e. The van der Waals surface area contributed by atoms with E-state index in [2.05, 4.69) is 4.90 Å². The van der Waals surface area contributed by atoms with E-state index in [1.807, 2.05) is 19.1 Å². The second-order valence-electron chi connectivity index (χ2n) is 4.84. The van der Waals surface area contributed by atoms with Crippen molar-refractivity contribution in [2.24, 2.45) is 0 Å². The van der Waals surface area contributed by atoms with Crippen LogP contribution in [0.2, 0.25) is 0 Å². The summed E-state index contributed by atoms with van der Waals surface area (Å²) in [5.41, 5.74) is 1.57. The molecule has 94 valence electrons. The third kappa shape index (κ3) is 2.78. The minimum absolute atomic E-state index is 0.0000872. The molecule has 1 aromatic carbocycles. The molecule has 1 unspecified atom stereocenters. The molecule has 1 aromatic rings. The average Bonchev–Trinajstić information content (AvgIpc) is 2.38. The van der Waals surface area contributed by atoms with Crippen LogP contribution in [0.4, 0.5) is 10.1 Å². The van der Waals surface area contributed by atoms with E-state index in [1.165, 1.54) is 6.42 Å². The van der Waals surface area contributed by atoms with Gasteiger partial charge in [-0.1, -0.05) is 13.0 Å². The molecule has 0 amide bonds. The van der Waals surface area contributed by atoms with Gasteiger partial charge in [0.15, 0.2) is 0 Å². The highest BCUT2D eigenvalue weighted by atomic mass is 19.1. The Balaban J connectivity index is 2.18. The van der Waals surface area contributed by atoms with Crippen LogP contribution in [0.3, 0.4) is 0 Å². The van der Waals surface area contributed by atoms with E-state index in [-0.39, 0.29) is 18.3 Å². The molecule has 1 N–H and O–H groups in total. The second-order valence-corrected chi connectivity index (χ2v) is 4.84. The summed E-state index contributed by atoms with van der Waals surface area (Å²) in [6.45, 7) is 3.86. The number of nitrogens with zero attached hydrogens (tertiary/aromatic N) is 1. The topological polar surface area (TPSA) is 23.5 Å². The predicted molar refractivity (Wildman–Crippen MR) is 68.0 cm³/mol. The van der Waals surface area contributed by atoms with Gasteiger partial charge in [0.1, 0.15) is 5.82 Å². The number of hydrogen-bond acceptors (Lipinski definition) is 2. The molecule has 0 bridgehead atoms. The van der Waals surface area contributed by atoms with Crippen LogP contribution in [0.25, 0.3) is 0 Å². The molecule has 0 aromatic heterocycles. The molecular weight excluding hydrogens is 217 g/mol. The van der Waals surface area contributed by atoms with Gasteiger partial charge in [-0.2, -0.15) is 0 Å². The molecule has 2 rings (SSSR count). The summed E-state index contributed by atoms with van der Waals surface area (Å²) < 4.78 is 14.0. The lowest BCUT2D eigenvalue weighted by atomic mass is 10.0. The standard InChI is InChI=1S/C14H20FNO/c1-11(10-17)12-5-6-14(13(15)9-12)16-7-3-2-4-8-16/h5-6,9,11,17H,2-4,7-8,10H2,1H3. The molecule has 1 saturated heterocycles. The normalized spacial score (nSPS) is 18.2. The number of hydrogen-bond donors (Lipinski definition) is 1. The number of aliphatic hydroxyl groups excluding tert-OH is 1. The minimum atomic E-state index is -0.162. The van der Waals surface area contributed by atoms with E-state index in [9.17, 15) is 4.39 Å². The molecule has 0 radical (unpaired) electrons. The average molecular weight is 237 g/mol. The van der Waals surface area contributed by atoms with Crippen LogP contribution in [0, 0.1) is 5.82 Å². The first-order valence-corrected chi connectivity index (χ1v) is 6.37. The van der Waals surface area contributed by atoms with Gasteiger partial charge in [0.2, 0.25) is 0 Å². The van der Waals surface area contributed by atoms with Gasteiger partial charge in [-0.05, 0) is 37.0 Å². The molecular formula is C14H20FNO. The number of anilines is 1. The van der Waals surface area contributed by atoms with Gasteiger partial charge in [-0.3, -0.25) is 0 Å². The molecule has 1 fully saturated rings. The zero-order chi connectivity index (χ0) is 12.3. The van der Waals surface area contributed by atoms with Crippen molar-refractivity contribution in [3.8, 4) is 0 Å². The van der Waals surface area contributed by atoms with Crippen LogP contribution in [0.1, 0.15) is 37.7 Å². The molecule has 0 saturated carbocycles. The molecule has 2 nitrogen and oxygen atoms in total. The van der Waals surface area contributed by atoms with Crippen LogP contribution in [-0.2, 0) is 0 Å². The largest absolute Gasteiger partial charge is 0.396 e. The fraction of sp³-hybridized carbons (Fsp3) is 0.571. The van der Waals surface area contributed by atoms with Gasteiger partial charge in [0, 0.05) is 25.6 Å². The third-order valence-electron chi connectivity index (χ3n) is 3.51. The lowest BCUT2D eigenvalue weighted by Crippen LogP contribution is -2.30.